The Labute approximate surface area is 127 Å². The molecule has 118 valence electrons. The molecule has 0 amide bonds. The lowest BCUT2D eigenvalue weighted by molar-refractivity contribution is 0.104. The molecule has 1 aliphatic rings. The molecular weight excluding hydrogens is 266 g/mol. The van der Waals surface area contributed by atoms with Crippen LogP contribution < -0.4 is 14.8 Å². The Kier molecular flexibility index (Phi) is 5.88. The molecule has 1 aromatic carbocycles. The van der Waals surface area contributed by atoms with Crippen LogP contribution in [0.25, 0.3) is 0 Å². The van der Waals surface area contributed by atoms with Gasteiger partial charge in [-0.25, -0.2) is 0 Å². The topological polar surface area (TPSA) is 39.7 Å². The largest absolute Gasteiger partial charge is 0.486 e. The monoisotopic (exact) mass is 293 g/mol. The lowest BCUT2D eigenvalue weighted by Crippen LogP contribution is -2.39. The molecule has 0 radical (unpaired) electrons. The Morgan fingerprint density at radius 2 is 1.86 bits per heavy atom. The normalized spacial score (nSPS) is 16.8. The molecule has 0 aliphatic carbocycles. The molecule has 0 bridgehead atoms. The summed E-state index contributed by atoms with van der Waals surface area (Å²) in [5.74, 6) is 2.21. The van der Waals surface area contributed by atoms with Crippen molar-refractivity contribution in [1.29, 1.82) is 0 Å². The first-order valence-electron chi connectivity index (χ1n) is 7.85. The smallest absolute Gasteiger partial charge is 0.161 e. The van der Waals surface area contributed by atoms with Gasteiger partial charge in [-0.15, -0.1) is 0 Å². The van der Waals surface area contributed by atoms with E-state index in [1.165, 1.54) is 5.56 Å². The van der Waals surface area contributed by atoms with E-state index in [-0.39, 0.29) is 6.04 Å². The molecule has 1 aromatic rings. The maximum absolute atomic E-state index is 5.65. The van der Waals surface area contributed by atoms with E-state index in [1.807, 2.05) is 13.0 Å². The van der Waals surface area contributed by atoms with Gasteiger partial charge in [0.1, 0.15) is 13.2 Å². The van der Waals surface area contributed by atoms with E-state index >= 15 is 0 Å². The second kappa shape index (κ2) is 7.66. The van der Waals surface area contributed by atoms with Crippen LogP contribution in [0, 0.1) is 5.92 Å². The van der Waals surface area contributed by atoms with Crippen LogP contribution in [0.3, 0.4) is 0 Å². The molecule has 1 aliphatic heterocycles. The molecule has 0 saturated carbocycles. The first kappa shape index (κ1) is 16.1. The molecule has 0 fully saturated rings. The van der Waals surface area contributed by atoms with Crippen molar-refractivity contribution in [2.24, 2.45) is 5.92 Å². The van der Waals surface area contributed by atoms with Crippen LogP contribution in [0.2, 0.25) is 0 Å². The van der Waals surface area contributed by atoms with Gasteiger partial charge in [0.25, 0.3) is 0 Å². The van der Waals surface area contributed by atoms with Crippen molar-refractivity contribution >= 4 is 0 Å². The number of rotatable bonds is 7. The third-order valence-corrected chi connectivity index (χ3v) is 3.84. The average molecular weight is 293 g/mol. The van der Waals surface area contributed by atoms with Crippen molar-refractivity contribution in [3.63, 3.8) is 0 Å². The lowest BCUT2D eigenvalue weighted by Gasteiger charge is -2.27. The molecule has 4 heteroatoms. The molecule has 4 nitrogen and oxygen atoms in total. The molecule has 0 spiro atoms. The zero-order valence-electron chi connectivity index (χ0n) is 13.5. The number of nitrogens with one attached hydrogen (secondary N) is 1. The average Bonchev–Trinajstić information content (AvgIpc) is 2.50. The summed E-state index contributed by atoms with van der Waals surface area (Å²) < 4.78 is 16.8. The minimum absolute atomic E-state index is 0.244. The molecule has 1 N–H and O–H groups in total. The van der Waals surface area contributed by atoms with Crippen molar-refractivity contribution in [3.05, 3.63) is 23.8 Å². The van der Waals surface area contributed by atoms with Crippen molar-refractivity contribution in [2.75, 3.05) is 26.4 Å². The van der Waals surface area contributed by atoms with E-state index in [4.69, 9.17) is 14.2 Å². The summed E-state index contributed by atoms with van der Waals surface area (Å²) in [6.45, 7) is 11.4. The quantitative estimate of drug-likeness (QED) is 0.838. The highest BCUT2D eigenvalue weighted by Gasteiger charge is 2.19. The maximum atomic E-state index is 5.65. The Hall–Kier alpha value is -1.26. The predicted molar refractivity (Wildman–Crippen MR) is 84.1 cm³/mol. The summed E-state index contributed by atoms with van der Waals surface area (Å²) in [5, 5.41) is 3.65. The maximum Gasteiger partial charge on any atom is 0.161 e. The first-order chi connectivity index (χ1) is 10.1. The van der Waals surface area contributed by atoms with Crippen molar-refractivity contribution in [2.45, 2.75) is 39.8 Å². The van der Waals surface area contributed by atoms with Crippen molar-refractivity contribution in [1.82, 2.24) is 5.32 Å². The third-order valence-electron chi connectivity index (χ3n) is 3.84. The van der Waals surface area contributed by atoms with Crippen LogP contribution in [0.5, 0.6) is 11.5 Å². The number of ether oxygens (including phenoxy) is 3. The van der Waals surface area contributed by atoms with Gasteiger partial charge in [0, 0.05) is 18.7 Å². The summed E-state index contributed by atoms with van der Waals surface area (Å²) in [6.07, 6.45) is 0. The second-order valence-corrected chi connectivity index (χ2v) is 5.80. The molecule has 1 heterocycles. The molecule has 21 heavy (non-hydrogen) atoms. The zero-order valence-corrected chi connectivity index (χ0v) is 13.5. The third kappa shape index (κ3) is 4.35. The summed E-state index contributed by atoms with van der Waals surface area (Å²) in [5.41, 5.74) is 1.21. The van der Waals surface area contributed by atoms with Crippen LogP contribution in [0.4, 0.5) is 0 Å². The lowest BCUT2D eigenvalue weighted by atomic mass is 10.0. The van der Waals surface area contributed by atoms with Gasteiger partial charge in [-0.3, -0.25) is 0 Å². The standard InChI is InChI=1S/C17H27NO3/c1-5-19-11-15(12(2)3)18-13(4)14-6-7-16-17(10-14)21-9-8-20-16/h6-7,10,12-13,15,18H,5,8-9,11H2,1-4H3. The van der Waals surface area contributed by atoms with Gasteiger partial charge < -0.3 is 19.5 Å². The fourth-order valence-corrected chi connectivity index (χ4v) is 2.42. The summed E-state index contributed by atoms with van der Waals surface area (Å²) in [6, 6.07) is 6.75. The minimum atomic E-state index is 0.244. The summed E-state index contributed by atoms with van der Waals surface area (Å²) in [4.78, 5) is 0. The highest BCUT2D eigenvalue weighted by Crippen LogP contribution is 2.32. The van der Waals surface area contributed by atoms with E-state index in [1.54, 1.807) is 0 Å². The minimum Gasteiger partial charge on any atom is -0.486 e. The Bertz CT molecular complexity index is 448. The Balaban J connectivity index is 2.02. The molecule has 2 atom stereocenters. The Morgan fingerprint density at radius 3 is 2.52 bits per heavy atom. The van der Waals surface area contributed by atoms with E-state index < -0.39 is 0 Å². The van der Waals surface area contributed by atoms with Gasteiger partial charge in [0.15, 0.2) is 11.5 Å². The number of benzene rings is 1. The summed E-state index contributed by atoms with van der Waals surface area (Å²) in [7, 11) is 0. The number of hydrogen-bond acceptors (Lipinski definition) is 4. The van der Waals surface area contributed by atoms with Gasteiger partial charge in [-0.1, -0.05) is 19.9 Å². The van der Waals surface area contributed by atoms with Crippen LogP contribution in [-0.2, 0) is 4.74 Å². The number of fused-ring (bicyclic) bond motifs is 1. The fourth-order valence-electron chi connectivity index (χ4n) is 2.42. The summed E-state index contributed by atoms with van der Waals surface area (Å²) >= 11 is 0. The van der Waals surface area contributed by atoms with Gasteiger partial charge in [0.05, 0.1) is 6.61 Å². The van der Waals surface area contributed by atoms with Gasteiger partial charge >= 0.3 is 0 Å². The van der Waals surface area contributed by atoms with Gasteiger partial charge in [0.2, 0.25) is 0 Å². The van der Waals surface area contributed by atoms with Crippen molar-refractivity contribution < 1.29 is 14.2 Å². The van der Waals surface area contributed by atoms with Crippen LogP contribution >= 0.6 is 0 Å². The zero-order chi connectivity index (χ0) is 15.2. The van der Waals surface area contributed by atoms with Gasteiger partial charge in [-0.05, 0) is 37.5 Å². The SMILES string of the molecule is CCOCC(NC(C)c1ccc2c(c1)OCCO2)C(C)C. The Morgan fingerprint density at radius 1 is 1.14 bits per heavy atom. The molecular formula is C17H27NO3. The van der Waals surface area contributed by atoms with E-state index in [2.05, 4.69) is 38.2 Å². The highest BCUT2D eigenvalue weighted by atomic mass is 16.6. The molecule has 0 aromatic heterocycles. The van der Waals surface area contributed by atoms with Gasteiger partial charge in [-0.2, -0.15) is 0 Å². The van der Waals surface area contributed by atoms with E-state index in [0.717, 1.165) is 24.7 Å². The van der Waals surface area contributed by atoms with E-state index in [9.17, 15) is 0 Å². The fraction of sp³-hybridized carbons (Fsp3) is 0.647. The first-order valence-corrected chi connectivity index (χ1v) is 7.85. The predicted octanol–water partition coefficient (Wildman–Crippen LogP) is 3.17. The van der Waals surface area contributed by atoms with Crippen LogP contribution in [-0.4, -0.2) is 32.5 Å². The van der Waals surface area contributed by atoms with E-state index in [0.29, 0.717) is 25.2 Å². The molecule has 2 rings (SSSR count). The highest BCUT2D eigenvalue weighted by molar-refractivity contribution is 5.44. The molecule has 0 saturated heterocycles. The molecule has 2 unspecified atom stereocenters. The van der Waals surface area contributed by atoms with Crippen LogP contribution in [0.15, 0.2) is 18.2 Å². The number of hydrogen-bond donors (Lipinski definition) is 1. The second-order valence-electron chi connectivity index (χ2n) is 5.80. The van der Waals surface area contributed by atoms with Crippen LogP contribution in [0.1, 0.15) is 39.3 Å². The van der Waals surface area contributed by atoms with Crippen molar-refractivity contribution in [3.8, 4) is 11.5 Å².